The number of anilines is 2. The van der Waals surface area contributed by atoms with E-state index in [4.69, 9.17) is 5.73 Å². The predicted octanol–water partition coefficient (Wildman–Crippen LogP) is 1.83. The van der Waals surface area contributed by atoms with Gasteiger partial charge in [-0.2, -0.15) is 11.8 Å². The van der Waals surface area contributed by atoms with Crippen molar-refractivity contribution in [2.24, 2.45) is 5.73 Å². The number of hydrogen-bond donors (Lipinski definition) is 2. The Hall–Kier alpha value is -1.36. The molecule has 4 nitrogen and oxygen atoms in total. The van der Waals surface area contributed by atoms with E-state index in [1.54, 1.807) is 6.92 Å². The summed E-state index contributed by atoms with van der Waals surface area (Å²) in [5.41, 5.74) is 8.64. The maximum Gasteiger partial charge on any atom is 0.239 e. The number of aryl methyl sites for hydroxylation is 1. The molecule has 1 atom stereocenters. The summed E-state index contributed by atoms with van der Waals surface area (Å²) in [6.45, 7) is 6.04. The van der Waals surface area contributed by atoms with Gasteiger partial charge in [-0.05, 0) is 37.6 Å². The van der Waals surface area contributed by atoms with Gasteiger partial charge >= 0.3 is 0 Å². The van der Waals surface area contributed by atoms with E-state index >= 15 is 0 Å². The largest absolute Gasteiger partial charge is 0.374 e. The van der Waals surface area contributed by atoms with Gasteiger partial charge in [0.15, 0.2) is 0 Å². The molecule has 1 saturated heterocycles. The average Bonchev–Trinajstić information content (AvgIpc) is 2.41. The standard InChI is InChI=1S/C14H21N3OS/c1-10-9-12(17-5-7-19-8-6-17)3-4-13(10)16-11(2)14(15)18/h3-4,9,11,16H,5-8H2,1-2H3,(H2,15,18)/t11-/m0/s1. The molecule has 0 bridgehead atoms. The minimum atomic E-state index is -0.351. The highest BCUT2D eigenvalue weighted by Crippen LogP contribution is 2.25. The Labute approximate surface area is 118 Å². The van der Waals surface area contributed by atoms with Crippen molar-refractivity contribution in [1.82, 2.24) is 0 Å². The topological polar surface area (TPSA) is 58.4 Å². The van der Waals surface area contributed by atoms with Crippen LogP contribution in [0.1, 0.15) is 12.5 Å². The molecule has 5 heteroatoms. The average molecular weight is 279 g/mol. The molecule has 1 heterocycles. The van der Waals surface area contributed by atoms with E-state index in [1.165, 1.54) is 17.2 Å². The van der Waals surface area contributed by atoms with Gasteiger partial charge in [0, 0.05) is 36.0 Å². The van der Waals surface area contributed by atoms with Crippen LogP contribution in [0, 0.1) is 6.92 Å². The monoisotopic (exact) mass is 279 g/mol. The number of thioether (sulfide) groups is 1. The first-order chi connectivity index (χ1) is 9.08. The SMILES string of the molecule is Cc1cc(N2CCSCC2)ccc1N[C@@H](C)C(N)=O. The molecule has 0 spiro atoms. The number of nitrogens with one attached hydrogen (secondary N) is 1. The third-order valence-electron chi connectivity index (χ3n) is 3.39. The minimum Gasteiger partial charge on any atom is -0.374 e. The normalized spacial score (nSPS) is 17.1. The van der Waals surface area contributed by atoms with Crippen LogP contribution in [-0.2, 0) is 4.79 Å². The lowest BCUT2D eigenvalue weighted by Gasteiger charge is -2.29. The Morgan fingerprint density at radius 1 is 1.42 bits per heavy atom. The van der Waals surface area contributed by atoms with Crippen LogP contribution in [0.2, 0.25) is 0 Å². The molecule has 1 aliphatic rings. The van der Waals surface area contributed by atoms with Crippen molar-refractivity contribution in [3.63, 3.8) is 0 Å². The van der Waals surface area contributed by atoms with Gasteiger partial charge in [0.05, 0.1) is 0 Å². The number of nitrogens with two attached hydrogens (primary N) is 1. The Kier molecular flexibility index (Phi) is 4.58. The first kappa shape index (κ1) is 14.1. The molecule has 0 saturated carbocycles. The number of rotatable bonds is 4. The van der Waals surface area contributed by atoms with Gasteiger partial charge in [-0.3, -0.25) is 4.79 Å². The Morgan fingerprint density at radius 3 is 2.68 bits per heavy atom. The summed E-state index contributed by atoms with van der Waals surface area (Å²) in [5.74, 6) is 2.05. The van der Waals surface area contributed by atoms with Crippen molar-refractivity contribution in [3.05, 3.63) is 23.8 Å². The molecule has 1 aliphatic heterocycles. The number of benzene rings is 1. The molecule has 3 N–H and O–H groups in total. The fraction of sp³-hybridized carbons (Fsp3) is 0.500. The zero-order valence-corrected chi connectivity index (χ0v) is 12.3. The summed E-state index contributed by atoms with van der Waals surface area (Å²) in [6.07, 6.45) is 0. The Bertz CT molecular complexity index is 458. The lowest BCUT2D eigenvalue weighted by atomic mass is 10.1. The second-order valence-electron chi connectivity index (χ2n) is 4.87. The van der Waals surface area contributed by atoms with Crippen LogP contribution in [-0.4, -0.2) is 36.5 Å². The number of carbonyl (C=O) groups excluding carboxylic acids is 1. The number of amides is 1. The van der Waals surface area contributed by atoms with Crippen molar-refractivity contribution in [3.8, 4) is 0 Å². The Balaban J connectivity index is 2.10. The highest BCUT2D eigenvalue weighted by Gasteiger charge is 2.13. The summed E-state index contributed by atoms with van der Waals surface area (Å²) in [4.78, 5) is 13.5. The number of nitrogens with zero attached hydrogens (tertiary/aromatic N) is 1. The maximum absolute atomic E-state index is 11.1. The van der Waals surface area contributed by atoms with Crippen molar-refractivity contribution >= 4 is 29.0 Å². The Morgan fingerprint density at radius 2 is 2.11 bits per heavy atom. The second kappa shape index (κ2) is 6.19. The molecule has 1 aromatic rings. The lowest BCUT2D eigenvalue weighted by molar-refractivity contribution is -0.118. The van der Waals surface area contributed by atoms with Crippen LogP contribution >= 0.6 is 11.8 Å². The van der Waals surface area contributed by atoms with Crippen LogP contribution in [0.5, 0.6) is 0 Å². The van der Waals surface area contributed by atoms with Gasteiger partial charge in [-0.15, -0.1) is 0 Å². The van der Waals surface area contributed by atoms with E-state index < -0.39 is 0 Å². The molecule has 1 fully saturated rings. The van der Waals surface area contributed by atoms with Gasteiger partial charge in [-0.1, -0.05) is 0 Å². The first-order valence-corrected chi connectivity index (χ1v) is 7.72. The van der Waals surface area contributed by atoms with Crippen molar-refractivity contribution < 1.29 is 4.79 Å². The molecular weight excluding hydrogens is 258 g/mol. The zero-order valence-electron chi connectivity index (χ0n) is 11.5. The summed E-state index contributed by atoms with van der Waals surface area (Å²) in [7, 11) is 0. The van der Waals surface area contributed by atoms with Crippen molar-refractivity contribution in [1.29, 1.82) is 0 Å². The summed E-state index contributed by atoms with van der Waals surface area (Å²) in [5, 5.41) is 3.14. The number of hydrogen-bond acceptors (Lipinski definition) is 4. The lowest BCUT2D eigenvalue weighted by Crippen LogP contribution is -2.33. The second-order valence-corrected chi connectivity index (χ2v) is 6.09. The van der Waals surface area contributed by atoms with Gasteiger partial charge in [-0.25, -0.2) is 0 Å². The minimum absolute atomic E-state index is 0.337. The number of carbonyl (C=O) groups is 1. The molecule has 1 amide bonds. The first-order valence-electron chi connectivity index (χ1n) is 6.57. The van der Waals surface area contributed by atoms with Crippen LogP contribution in [0.3, 0.4) is 0 Å². The van der Waals surface area contributed by atoms with Crippen molar-refractivity contribution in [2.75, 3.05) is 34.8 Å². The van der Waals surface area contributed by atoms with Gasteiger partial charge < -0.3 is 16.0 Å². The molecule has 0 aliphatic carbocycles. The highest BCUT2D eigenvalue weighted by molar-refractivity contribution is 7.99. The van der Waals surface area contributed by atoms with E-state index in [0.29, 0.717) is 0 Å². The number of primary amides is 1. The van der Waals surface area contributed by atoms with E-state index in [9.17, 15) is 4.79 Å². The van der Waals surface area contributed by atoms with E-state index in [-0.39, 0.29) is 11.9 Å². The predicted molar refractivity (Wildman–Crippen MR) is 83.0 cm³/mol. The third-order valence-corrected chi connectivity index (χ3v) is 4.33. The van der Waals surface area contributed by atoms with E-state index in [2.05, 4.69) is 29.3 Å². The van der Waals surface area contributed by atoms with Gasteiger partial charge in [0.1, 0.15) is 6.04 Å². The van der Waals surface area contributed by atoms with Crippen LogP contribution in [0.25, 0.3) is 0 Å². The van der Waals surface area contributed by atoms with Crippen LogP contribution in [0.15, 0.2) is 18.2 Å². The quantitative estimate of drug-likeness (QED) is 0.883. The van der Waals surface area contributed by atoms with Crippen molar-refractivity contribution in [2.45, 2.75) is 19.9 Å². The molecule has 1 aromatic carbocycles. The zero-order chi connectivity index (χ0) is 13.8. The fourth-order valence-corrected chi connectivity index (χ4v) is 3.04. The maximum atomic E-state index is 11.1. The third kappa shape index (κ3) is 3.56. The molecule has 104 valence electrons. The van der Waals surface area contributed by atoms with Crippen LogP contribution < -0.4 is 16.0 Å². The van der Waals surface area contributed by atoms with Crippen LogP contribution in [0.4, 0.5) is 11.4 Å². The smallest absolute Gasteiger partial charge is 0.239 e. The summed E-state index contributed by atoms with van der Waals surface area (Å²) < 4.78 is 0. The molecule has 2 rings (SSSR count). The van der Waals surface area contributed by atoms with E-state index in [1.807, 2.05) is 17.8 Å². The van der Waals surface area contributed by atoms with Gasteiger partial charge in [0.25, 0.3) is 0 Å². The fourth-order valence-electron chi connectivity index (χ4n) is 2.13. The molecule has 0 unspecified atom stereocenters. The van der Waals surface area contributed by atoms with E-state index in [0.717, 1.165) is 24.3 Å². The summed E-state index contributed by atoms with van der Waals surface area (Å²) in [6, 6.07) is 5.97. The molecule has 0 radical (unpaired) electrons. The molecule has 0 aromatic heterocycles. The summed E-state index contributed by atoms with van der Waals surface area (Å²) >= 11 is 2.01. The molecular formula is C14H21N3OS. The highest BCUT2D eigenvalue weighted by atomic mass is 32.2. The van der Waals surface area contributed by atoms with Gasteiger partial charge in [0.2, 0.25) is 5.91 Å². The molecule has 19 heavy (non-hydrogen) atoms.